The lowest BCUT2D eigenvalue weighted by molar-refractivity contribution is -0.122. The molecule has 0 fully saturated rings. The number of ether oxygens (including phenoxy) is 1. The molecule has 184 valence electrons. The van der Waals surface area contributed by atoms with Gasteiger partial charge in [0.15, 0.2) is 0 Å². The Morgan fingerprint density at radius 3 is 2.06 bits per heavy atom. The van der Waals surface area contributed by atoms with E-state index < -0.39 is 17.9 Å². The topological polar surface area (TPSA) is 98.6 Å². The molecule has 0 heterocycles. The van der Waals surface area contributed by atoms with Crippen molar-refractivity contribution < 1.29 is 14.3 Å². The Morgan fingerprint density at radius 1 is 0.857 bits per heavy atom. The number of hydrogen-bond donors (Lipinski definition) is 2. The minimum Gasteiger partial charge on any atom is -0.457 e. The van der Waals surface area contributed by atoms with Crippen molar-refractivity contribution in [2.75, 3.05) is 14.1 Å². The third-order valence-electron chi connectivity index (χ3n) is 7.42. The van der Waals surface area contributed by atoms with E-state index in [1.807, 2.05) is 30.3 Å². The summed E-state index contributed by atoms with van der Waals surface area (Å²) in [6.07, 6.45) is 2.29. The molecule has 0 aromatic heterocycles. The van der Waals surface area contributed by atoms with Gasteiger partial charge in [-0.25, -0.2) is 0 Å². The molecular weight excluding hydrogens is 438 g/mol. The fourth-order valence-corrected chi connectivity index (χ4v) is 5.33. The molecule has 6 heteroatoms. The fraction of sp³-hybridized carbons (Fsp3) is 0.379. The van der Waals surface area contributed by atoms with Gasteiger partial charge >= 0.3 is 0 Å². The molecule has 1 aliphatic carbocycles. The Hall–Kier alpha value is -3.38. The van der Waals surface area contributed by atoms with Crippen LogP contribution in [-0.2, 0) is 15.6 Å². The van der Waals surface area contributed by atoms with E-state index >= 15 is 0 Å². The van der Waals surface area contributed by atoms with Crippen molar-refractivity contribution in [1.82, 2.24) is 4.90 Å². The smallest absolute Gasteiger partial charge is 0.249 e. The van der Waals surface area contributed by atoms with Crippen molar-refractivity contribution in [1.29, 1.82) is 0 Å². The van der Waals surface area contributed by atoms with Crippen LogP contribution in [0.4, 0.5) is 0 Å². The fourth-order valence-electron chi connectivity index (χ4n) is 5.33. The van der Waals surface area contributed by atoms with E-state index in [1.165, 1.54) is 11.1 Å². The lowest BCUT2D eigenvalue weighted by Gasteiger charge is -2.41. The first-order valence-corrected chi connectivity index (χ1v) is 12.0. The van der Waals surface area contributed by atoms with E-state index in [-0.39, 0.29) is 16.4 Å². The molecular formula is C29H35N3O3. The van der Waals surface area contributed by atoms with Crippen LogP contribution in [0, 0.1) is 0 Å². The van der Waals surface area contributed by atoms with Crippen LogP contribution in [0.1, 0.15) is 73.6 Å². The van der Waals surface area contributed by atoms with Crippen molar-refractivity contribution in [3.8, 4) is 11.5 Å². The first-order chi connectivity index (χ1) is 16.3. The molecule has 1 unspecified atom stereocenters. The third-order valence-corrected chi connectivity index (χ3v) is 7.42. The van der Waals surface area contributed by atoms with Crippen LogP contribution in [-0.4, -0.2) is 30.8 Å². The van der Waals surface area contributed by atoms with Crippen molar-refractivity contribution in [3.63, 3.8) is 0 Å². The zero-order valence-corrected chi connectivity index (χ0v) is 21.4. The van der Waals surface area contributed by atoms with Gasteiger partial charge in [-0.3, -0.25) is 14.5 Å². The maximum Gasteiger partial charge on any atom is 0.249 e. The Morgan fingerprint density at radius 2 is 1.46 bits per heavy atom. The van der Waals surface area contributed by atoms with Crippen molar-refractivity contribution in [3.05, 3.63) is 70.8 Å². The second kappa shape index (κ2) is 8.68. The summed E-state index contributed by atoms with van der Waals surface area (Å²) in [5.41, 5.74) is 15.1. The molecule has 1 aliphatic rings. The summed E-state index contributed by atoms with van der Waals surface area (Å²) >= 11 is 0. The number of nitrogens with two attached hydrogens (primary N) is 2. The molecule has 0 saturated heterocycles. The number of hydrogen-bond acceptors (Lipinski definition) is 4. The van der Waals surface area contributed by atoms with Crippen LogP contribution in [0.2, 0.25) is 0 Å². The van der Waals surface area contributed by atoms with Crippen molar-refractivity contribution in [2.45, 2.75) is 57.4 Å². The van der Waals surface area contributed by atoms with Gasteiger partial charge in [-0.15, -0.1) is 0 Å². The summed E-state index contributed by atoms with van der Waals surface area (Å²) in [4.78, 5) is 26.1. The van der Waals surface area contributed by atoms with E-state index in [9.17, 15) is 9.59 Å². The Labute approximate surface area is 207 Å². The molecule has 4 N–H and O–H groups in total. The Bertz CT molecular complexity index is 1320. The molecule has 1 atom stereocenters. The second-order valence-corrected chi connectivity index (χ2v) is 11.1. The maximum atomic E-state index is 12.3. The van der Waals surface area contributed by atoms with Crippen LogP contribution < -0.4 is 16.2 Å². The molecule has 2 amide bonds. The highest BCUT2D eigenvalue weighted by Gasteiger charge is 2.37. The molecule has 0 bridgehead atoms. The van der Waals surface area contributed by atoms with Gasteiger partial charge in [-0.05, 0) is 95.6 Å². The summed E-state index contributed by atoms with van der Waals surface area (Å²) in [5, 5.41) is 1.56. The SMILES string of the molecule is CN(C)C(C(N)=O)c1c(C(N)=O)ccc2cc(Oc3ccc4c(c3)C(C)(C)CCC4(C)C)ccc12. The molecule has 0 radical (unpaired) electrons. The standard InChI is InChI=1S/C29H35N3O3/c1-28(2)13-14-29(3,4)23-16-19(9-12-22(23)28)35-18-8-11-20-17(15-18)7-10-21(26(30)33)24(20)25(27(31)34)32(5)6/h7-12,15-16,25H,13-14H2,1-6H3,(H2,30,33)(H2,31,34). The number of amides is 2. The molecule has 35 heavy (non-hydrogen) atoms. The predicted molar refractivity (Wildman–Crippen MR) is 140 cm³/mol. The number of carbonyl (C=O) groups is 2. The largest absolute Gasteiger partial charge is 0.457 e. The van der Waals surface area contributed by atoms with Gasteiger partial charge in [0.1, 0.15) is 17.5 Å². The van der Waals surface area contributed by atoms with Gasteiger partial charge in [0.25, 0.3) is 0 Å². The summed E-state index contributed by atoms with van der Waals surface area (Å²) in [7, 11) is 3.49. The molecule has 0 saturated carbocycles. The number of nitrogens with zero attached hydrogens (tertiary/aromatic N) is 1. The molecule has 3 aromatic rings. The van der Waals surface area contributed by atoms with Crippen molar-refractivity contribution in [2.24, 2.45) is 11.5 Å². The van der Waals surface area contributed by atoms with Gasteiger partial charge in [0, 0.05) is 5.56 Å². The molecule has 0 spiro atoms. The number of rotatable bonds is 6. The lowest BCUT2D eigenvalue weighted by atomic mass is 9.63. The van der Waals surface area contributed by atoms with Crippen LogP contribution >= 0.6 is 0 Å². The van der Waals surface area contributed by atoms with E-state index in [4.69, 9.17) is 16.2 Å². The third kappa shape index (κ3) is 4.50. The predicted octanol–water partition coefficient (Wildman–Crippen LogP) is 5.17. The minimum absolute atomic E-state index is 0.0869. The highest BCUT2D eigenvalue weighted by molar-refractivity contribution is 6.04. The first kappa shape index (κ1) is 24.7. The highest BCUT2D eigenvalue weighted by atomic mass is 16.5. The van der Waals surface area contributed by atoms with Gasteiger partial charge in [0.2, 0.25) is 11.8 Å². The Balaban J connectivity index is 1.77. The normalized spacial score (nSPS) is 17.1. The molecule has 6 nitrogen and oxygen atoms in total. The number of primary amides is 2. The van der Waals surface area contributed by atoms with E-state index in [0.29, 0.717) is 11.3 Å². The second-order valence-electron chi connectivity index (χ2n) is 11.1. The summed E-state index contributed by atoms with van der Waals surface area (Å²) in [6, 6.07) is 14.7. The lowest BCUT2D eigenvalue weighted by Crippen LogP contribution is -2.34. The molecule has 3 aromatic carbocycles. The van der Waals surface area contributed by atoms with Gasteiger partial charge in [-0.2, -0.15) is 0 Å². The van der Waals surface area contributed by atoms with Gasteiger partial charge in [0.05, 0.1) is 0 Å². The highest BCUT2D eigenvalue weighted by Crippen LogP contribution is 2.47. The quantitative estimate of drug-likeness (QED) is 0.516. The molecule has 4 rings (SSSR count). The number of carbonyl (C=O) groups excluding carboxylic acids is 2. The number of likely N-dealkylation sites (N-methyl/N-ethyl adjacent to an activating group) is 1. The minimum atomic E-state index is -0.792. The average Bonchev–Trinajstić information content (AvgIpc) is 2.76. The summed E-state index contributed by atoms with van der Waals surface area (Å²) in [6.45, 7) is 9.18. The van der Waals surface area contributed by atoms with Crippen LogP contribution in [0.25, 0.3) is 10.8 Å². The maximum absolute atomic E-state index is 12.3. The van der Waals surface area contributed by atoms with E-state index in [2.05, 4.69) is 39.8 Å². The average molecular weight is 474 g/mol. The van der Waals surface area contributed by atoms with Crippen LogP contribution in [0.5, 0.6) is 11.5 Å². The first-order valence-electron chi connectivity index (χ1n) is 12.0. The Kier molecular flexibility index (Phi) is 6.14. The van der Waals surface area contributed by atoms with Crippen LogP contribution in [0.3, 0.4) is 0 Å². The number of fused-ring (bicyclic) bond motifs is 2. The monoisotopic (exact) mass is 473 g/mol. The van der Waals surface area contributed by atoms with Crippen molar-refractivity contribution >= 4 is 22.6 Å². The zero-order chi connectivity index (χ0) is 25.7. The molecule has 0 aliphatic heterocycles. The number of benzene rings is 3. The summed E-state index contributed by atoms with van der Waals surface area (Å²) in [5.74, 6) is 0.301. The zero-order valence-electron chi connectivity index (χ0n) is 21.4. The summed E-state index contributed by atoms with van der Waals surface area (Å²) < 4.78 is 6.29. The van der Waals surface area contributed by atoms with Gasteiger partial charge in [-0.1, -0.05) is 45.9 Å². The van der Waals surface area contributed by atoms with E-state index in [0.717, 1.165) is 29.4 Å². The van der Waals surface area contributed by atoms with Crippen LogP contribution in [0.15, 0.2) is 48.5 Å². The van der Waals surface area contributed by atoms with E-state index in [1.54, 1.807) is 25.1 Å². The van der Waals surface area contributed by atoms with Gasteiger partial charge < -0.3 is 16.2 Å².